The molecular formula is C18H21NO. The lowest BCUT2D eigenvalue weighted by Crippen LogP contribution is -2.11. The lowest BCUT2D eigenvalue weighted by atomic mass is 9.95. The molecule has 20 heavy (non-hydrogen) atoms. The van der Waals surface area contributed by atoms with Gasteiger partial charge in [0.15, 0.2) is 0 Å². The van der Waals surface area contributed by atoms with Gasteiger partial charge in [-0.25, -0.2) is 0 Å². The molecule has 2 aromatic carbocycles. The van der Waals surface area contributed by atoms with Crippen molar-refractivity contribution < 1.29 is 4.74 Å². The van der Waals surface area contributed by atoms with Crippen LogP contribution in [0.5, 0.6) is 5.75 Å². The highest BCUT2D eigenvalue weighted by Gasteiger charge is 2.18. The topological polar surface area (TPSA) is 21.3 Å². The summed E-state index contributed by atoms with van der Waals surface area (Å²) < 4.78 is 5.84. The third kappa shape index (κ3) is 2.44. The quantitative estimate of drug-likeness (QED) is 0.912. The first-order chi connectivity index (χ1) is 9.79. The molecule has 1 heterocycles. The van der Waals surface area contributed by atoms with Crippen LogP contribution in [0, 0.1) is 6.92 Å². The normalized spacial score (nSPS) is 13.1. The van der Waals surface area contributed by atoms with Crippen molar-refractivity contribution in [2.24, 2.45) is 0 Å². The highest BCUT2D eigenvalue weighted by Crippen LogP contribution is 2.38. The maximum atomic E-state index is 5.84. The molecule has 2 heteroatoms. The molecule has 0 amide bonds. The van der Waals surface area contributed by atoms with Gasteiger partial charge >= 0.3 is 0 Å². The fraction of sp³-hybridized carbons (Fsp3) is 0.333. The van der Waals surface area contributed by atoms with Crippen LogP contribution >= 0.6 is 0 Å². The number of para-hydroxylation sites is 1. The molecule has 0 saturated heterocycles. The van der Waals surface area contributed by atoms with Crippen molar-refractivity contribution in [3.63, 3.8) is 0 Å². The monoisotopic (exact) mass is 267 g/mol. The van der Waals surface area contributed by atoms with Crippen molar-refractivity contribution in [1.29, 1.82) is 0 Å². The van der Waals surface area contributed by atoms with Crippen LogP contribution in [0.2, 0.25) is 0 Å². The Kier molecular flexibility index (Phi) is 3.75. The van der Waals surface area contributed by atoms with E-state index in [-0.39, 0.29) is 0 Å². The summed E-state index contributed by atoms with van der Waals surface area (Å²) in [6.07, 6.45) is 1.03. The lowest BCUT2D eigenvalue weighted by molar-refractivity contribution is 0.358. The number of hydrogen-bond acceptors (Lipinski definition) is 2. The fourth-order valence-corrected chi connectivity index (χ4v) is 2.77. The Balaban J connectivity index is 2.03. The number of nitrogens with one attached hydrogen (secondary N) is 1. The average Bonchev–Trinajstić information content (AvgIpc) is 2.95. The number of benzene rings is 2. The second-order valence-electron chi connectivity index (χ2n) is 5.32. The Morgan fingerprint density at radius 3 is 2.90 bits per heavy atom. The largest absolute Gasteiger partial charge is 0.492 e. The molecule has 0 atom stereocenters. The van der Waals surface area contributed by atoms with Crippen molar-refractivity contribution in [2.75, 3.05) is 13.2 Å². The standard InChI is InChI=1S/C18H21NO/c1-3-19-12-14-8-7-13(2)17(11-14)16-6-4-5-15-9-10-20-18(15)16/h4-8,11,19H,3,9-10,12H2,1-2H3. The molecule has 0 aromatic heterocycles. The summed E-state index contributed by atoms with van der Waals surface area (Å²) in [6, 6.07) is 13.2. The van der Waals surface area contributed by atoms with E-state index in [1.165, 1.54) is 27.8 Å². The zero-order chi connectivity index (χ0) is 13.9. The summed E-state index contributed by atoms with van der Waals surface area (Å²) in [6.45, 7) is 7.02. The Morgan fingerprint density at radius 1 is 1.15 bits per heavy atom. The van der Waals surface area contributed by atoms with E-state index in [1.54, 1.807) is 0 Å². The summed E-state index contributed by atoms with van der Waals surface area (Å²) in [5.41, 5.74) is 6.48. The third-order valence-corrected chi connectivity index (χ3v) is 3.89. The Labute approximate surface area is 120 Å². The molecule has 0 bridgehead atoms. The van der Waals surface area contributed by atoms with Gasteiger partial charge in [0.1, 0.15) is 5.75 Å². The number of aryl methyl sites for hydroxylation is 1. The van der Waals surface area contributed by atoms with E-state index in [0.29, 0.717) is 0 Å². The molecule has 0 fully saturated rings. The molecule has 0 spiro atoms. The van der Waals surface area contributed by atoms with Gasteiger partial charge in [0.05, 0.1) is 6.61 Å². The molecule has 2 nitrogen and oxygen atoms in total. The zero-order valence-electron chi connectivity index (χ0n) is 12.2. The van der Waals surface area contributed by atoms with Crippen LogP contribution in [0.4, 0.5) is 0 Å². The molecule has 3 rings (SSSR count). The van der Waals surface area contributed by atoms with Gasteiger partial charge in [0.2, 0.25) is 0 Å². The van der Waals surface area contributed by atoms with Crippen molar-refractivity contribution in [2.45, 2.75) is 26.8 Å². The third-order valence-electron chi connectivity index (χ3n) is 3.89. The van der Waals surface area contributed by atoms with Gasteiger partial charge in [-0.1, -0.05) is 37.3 Å². The van der Waals surface area contributed by atoms with Gasteiger partial charge in [-0.2, -0.15) is 0 Å². The minimum absolute atomic E-state index is 0.808. The maximum Gasteiger partial charge on any atom is 0.130 e. The summed E-state index contributed by atoms with van der Waals surface area (Å²) in [4.78, 5) is 0. The van der Waals surface area contributed by atoms with Gasteiger partial charge in [-0.3, -0.25) is 0 Å². The van der Waals surface area contributed by atoms with Crippen LogP contribution in [0.25, 0.3) is 11.1 Å². The number of ether oxygens (including phenoxy) is 1. The summed E-state index contributed by atoms with van der Waals surface area (Å²) in [7, 11) is 0. The van der Waals surface area contributed by atoms with Crippen molar-refractivity contribution in [1.82, 2.24) is 5.32 Å². The molecule has 0 radical (unpaired) electrons. The van der Waals surface area contributed by atoms with E-state index < -0.39 is 0 Å². The summed E-state index contributed by atoms with van der Waals surface area (Å²) >= 11 is 0. The molecule has 1 aliphatic heterocycles. The van der Waals surface area contributed by atoms with Crippen LogP contribution in [0.3, 0.4) is 0 Å². The molecule has 1 aliphatic rings. The molecule has 2 aromatic rings. The Bertz CT molecular complexity index is 619. The van der Waals surface area contributed by atoms with Gasteiger partial charge < -0.3 is 10.1 Å². The average molecular weight is 267 g/mol. The maximum absolute atomic E-state index is 5.84. The fourth-order valence-electron chi connectivity index (χ4n) is 2.77. The van der Waals surface area contributed by atoms with Gasteiger partial charge in [0, 0.05) is 18.5 Å². The van der Waals surface area contributed by atoms with Crippen molar-refractivity contribution in [3.05, 3.63) is 53.1 Å². The van der Waals surface area contributed by atoms with Crippen LogP contribution in [0.1, 0.15) is 23.6 Å². The van der Waals surface area contributed by atoms with E-state index >= 15 is 0 Å². The van der Waals surface area contributed by atoms with E-state index in [0.717, 1.165) is 31.9 Å². The Morgan fingerprint density at radius 2 is 2.05 bits per heavy atom. The number of fused-ring (bicyclic) bond motifs is 1. The minimum atomic E-state index is 0.808. The van der Waals surface area contributed by atoms with E-state index in [1.807, 2.05) is 0 Å². The first-order valence-corrected chi connectivity index (χ1v) is 7.35. The van der Waals surface area contributed by atoms with Gasteiger partial charge in [-0.15, -0.1) is 0 Å². The second kappa shape index (κ2) is 5.68. The van der Waals surface area contributed by atoms with Crippen LogP contribution < -0.4 is 10.1 Å². The van der Waals surface area contributed by atoms with Crippen LogP contribution in [0.15, 0.2) is 36.4 Å². The van der Waals surface area contributed by atoms with Crippen LogP contribution in [-0.2, 0) is 13.0 Å². The van der Waals surface area contributed by atoms with Gasteiger partial charge in [-0.05, 0) is 41.8 Å². The van der Waals surface area contributed by atoms with E-state index in [2.05, 4.69) is 55.6 Å². The predicted molar refractivity (Wildman–Crippen MR) is 83.2 cm³/mol. The molecule has 1 N–H and O–H groups in total. The first-order valence-electron chi connectivity index (χ1n) is 7.35. The smallest absolute Gasteiger partial charge is 0.130 e. The second-order valence-corrected chi connectivity index (χ2v) is 5.32. The van der Waals surface area contributed by atoms with Crippen molar-refractivity contribution in [3.8, 4) is 16.9 Å². The van der Waals surface area contributed by atoms with Gasteiger partial charge in [0.25, 0.3) is 0 Å². The lowest BCUT2D eigenvalue weighted by Gasteiger charge is -2.13. The minimum Gasteiger partial charge on any atom is -0.492 e. The molecule has 0 aliphatic carbocycles. The first kappa shape index (κ1) is 13.2. The Hall–Kier alpha value is -1.80. The molecule has 0 unspecified atom stereocenters. The molecular weight excluding hydrogens is 246 g/mol. The number of hydrogen-bond donors (Lipinski definition) is 1. The summed E-state index contributed by atoms with van der Waals surface area (Å²) in [5.74, 6) is 1.08. The van der Waals surface area contributed by atoms with E-state index in [4.69, 9.17) is 4.74 Å². The van der Waals surface area contributed by atoms with Crippen molar-refractivity contribution >= 4 is 0 Å². The highest BCUT2D eigenvalue weighted by molar-refractivity contribution is 5.75. The number of rotatable bonds is 4. The molecule has 0 saturated carbocycles. The highest BCUT2D eigenvalue weighted by atomic mass is 16.5. The predicted octanol–water partition coefficient (Wildman–Crippen LogP) is 3.71. The van der Waals surface area contributed by atoms with E-state index in [9.17, 15) is 0 Å². The van der Waals surface area contributed by atoms with Crippen LogP contribution in [-0.4, -0.2) is 13.2 Å². The SMILES string of the molecule is CCNCc1ccc(C)c(-c2cccc3c2OCC3)c1. The summed E-state index contributed by atoms with van der Waals surface area (Å²) in [5, 5.41) is 3.38. The zero-order valence-corrected chi connectivity index (χ0v) is 12.2. The molecule has 104 valence electrons.